The molecule has 38 heavy (non-hydrogen) atoms. The molecule has 0 spiro atoms. The third-order valence-electron chi connectivity index (χ3n) is 7.30. The number of amides is 2. The van der Waals surface area contributed by atoms with Crippen molar-refractivity contribution in [1.29, 1.82) is 0 Å². The molecule has 0 saturated carbocycles. The van der Waals surface area contributed by atoms with E-state index in [0.29, 0.717) is 37.4 Å². The highest BCUT2D eigenvalue weighted by Crippen LogP contribution is 2.28. The standard InChI is InChI=1S/C29H35F2N3O4/c1-18(2)28(36)27(23-16-38-17-23)33-29(37)20-6-3-5-19(11-20)22-7-4-10-34(15-22)26(35)14-32-13-21-8-9-24(30)12-25(21)31/h3,5-6,8-9,11-12,18,22-23,27,32H,4,7,10,13-17H2,1-2H3,(H,33,37)/t22?,27-/m1/s1. The molecular formula is C29H35F2N3O4. The molecule has 0 aromatic heterocycles. The van der Waals surface area contributed by atoms with E-state index >= 15 is 0 Å². The van der Waals surface area contributed by atoms with E-state index in [1.807, 2.05) is 32.0 Å². The topological polar surface area (TPSA) is 87.7 Å². The lowest BCUT2D eigenvalue weighted by Gasteiger charge is -2.34. The Labute approximate surface area is 221 Å². The van der Waals surface area contributed by atoms with Gasteiger partial charge in [0.1, 0.15) is 11.6 Å². The van der Waals surface area contributed by atoms with E-state index in [-0.39, 0.29) is 48.4 Å². The van der Waals surface area contributed by atoms with Crippen LogP contribution in [0.1, 0.15) is 54.1 Å². The fourth-order valence-electron chi connectivity index (χ4n) is 4.94. The molecule has 0 radical (unpaired) electrons. The van der Waals surface area contributed by atoms with Gasteiger partial charge in [-0.2, -0.15) is 0 Å². The van der Waals surface area contributed by atoms with E-state index in [1.54, 1.807) is 11.0 Å². The molecular weight excluding hydrogens is 492 g/mol. The van der Waals surface area contributed by atoms with Crippen LogP contribution in [0.4, 0.5) is 8.78 Å². The monoisotopic (exact) mass is 527 g/mol. The fraction of sp³-hybridized carbons (Fsp3) is 0.483. The Bertz CT molecular complexity index is 1170. The number of hydrogen-bond donors (Lipinski definition) is 2. The van der Waals surface area contributed by atoms with Crippen molar-refractivity contribution < 1.29 is 27.9 Å². The van der Waals surface area contributed by atoms with Crippen molar-refractivity contribution in [2.75, 3.05) is 32.8 Å². The largest absolute Gasteiger partial charge is 0.380 e. The number of rotatable bonds is 10. The van der Waals surface area contributed by atoms with Gasteiger partial charge in [0.15, 0.2) is 5.78 Å². The average Bonchev–Trinajstić information content (AvgIpc) is 2.88. The van der Waals surface area contributed by atoms with Crippen molar-refractivity contribution in [1.82, 2.24) is 15.5 Å². The van der Waals surface area contributed by atoms with Crippen LogP contribution in [0, 0.1) is 23.5 Å². The zero-order valence-electron chi connectivity index (χ0n) is 21.8. The SMILES string of the molecule is CC(C)C(=O)[C@H](NC(=O)c1cccc(C2CCCN(C(=O)CNCc3ccc(F)cc3F)C2)c1)C1COC1. The van der Waals surface area contributed by atoms with Crippen LogP contribution < -0.4 is 10.6 Å². The molecule has 2 heterocycles. The lowest BCUT2D eigenvalue weighted by atomic mass is 9.88. The maximum Gasteiger partial charge on any atom is 0.251 e. The van der Waals surface area contributed by atoms with Gasteiger partial charge in [0.2, 0.25) is 5.91 Å². The zero-order valence-corrected chi connectivity index (χ0v) is 21.8. The molecule has 2 aliphatic heterocycles. The summed E-state index contributed by atoms with van der Waals surface area (Å²) in [6, 6.07) is 10.2. The maximum absolute atomic E-state index is 13.8. The minimum atomic E-state index is -0.646. The Morgan fingerprint density at radius 3 is 2.58 bits per heavy atom. The number of hydrogen-bond acceptors (Lipinski definition) is 5. The molecule has 4 rings (SSSR count). The van der Waals surface area contributed by atoms with Crippen molar-refractivity contribution in [2.24, 2.45) is 11.8 Å². The van der Waals surface area contributed by atoms with Crippen molar-refractivity contribution >= 4 is 17.6 Å². The number of ether oxygens (including phenoxy) is 1. The van der Waals surface area contributed by atoms with Crippen molar-refractivity contribution in [3.05, 3.63) is 70.8 Å². The van der Waals surface area contributed by atoms with Crippen LogP contribution in [0.2, 0.25) is 0 Å². The number of nitrogens with zero attached hydrogens (tertiary/aromatic N) is 1. The maximum atomic E-state index is 13.8. The van der Waals surface area contributed by atoms with Crippen LogP contribution in [0.3, 0.4) is 0 Å². The van der Waals surface area contributed by atoms with Crippen LogP contribution >= 0.6 is 0 Å². The normalized spacial score (nSPS) is 18.7. The molecule has 2 amide bonds. The molecule has 7 nitrogen and oxygen atoms in total. The highest BCUT2D eigenvalue weighted by atomic mass is 19.1. The number of piperidine rings is 1. The minimum Gasteiger partial charge on any atom is -0.380 e. The molecule has 204 valence electrons. The molecule has 2 saturated heterocycles. The van der Waals surface area contributed by atoms with Gasteiger partial charge < -0.3 is 20.3 Å². The van der Waals surface area contributed by atoms with E-state index in [0.717, 1.165) is 24.5 Å². The van der Waals surface area contributed by atoms with Gasteiger partial charge in [-0.3, -0.25) is 14.4 Å². The summed E-state index contributed by atoms with van der Waals surface area (Å²) in [6.45, 7) is 5.89. The minimum absolute atomic E-state index is 0.0000141. The Morgan fingerprint density at radius 1 is 1.11 bits per heavy atom. The summed E-state index contributed by atoms with van der Waals surface area (Å²) in [6.07, 6.45) is 1.71. The summed E-state index contributed by atoms with van der Waals surface area (Å²) in [5.41, 5.74) is 1.75. The summed E-state index contributed by atoms with van der Waals surface area (Å²) >= 11 is 0. The van der Waals surface area contributed by atoms with Gasteiger partial charge in [0.05, 0.1) is 25.8 Å². The van der Waals surface area contributed by atoms with Gasteiger partial charge in [-0.1, -0.05) is 32.0 Å². The predicted octanol–water partition coefficient (Wildman–Crippen LogP) is 3.43. The molecule has 2 atom stereocenters. The summed E-state index contributed by atoms with van der Waals surface area (Å²) in [5.74, 6) is -1.80. The molecule has 9 heteroatoms. The number of benzene rings is 2. The average molecular weight is 528 g/mol. The molecule has 2 fully saturated rings. The number of carbonyl (C=O) groups excluding carboxylic acids is 3. The third-order valence-corrected chi connectivity index (χ3v) is 7.30. The first-order valence-electron chi connectivity index (χ1n) is 13.2. The first-order valence-corrected chi connectivity index (χ1v) is 13.2. The lowest BCUT2D eigenvalue weighted by Crippen LogP contribution is -2.53. The number of likely N-dealkylation sites (tertiary alicyclic amines) is 1. The molecule has 2 N–H and O–H groups in total. The Kier molecular flexibility index (Phi) is 9.22. The Morgan fingerprint density at radius 2 is 1.89 bits per heavy atom. The van der Waals surface area contributed by atoms with Crippen molar-refractivity contribution in [3.8, 4) is 0 Å². The van der Waals surface area contributed by atoms with Crippen molar-refractivity contribution in [2.45, 2.75) is 45.2 Å². The molecule has 2 aromatic carbocycles. The first-order chi connectivity index (χ1) is 18.2. The third kappa shape index (κ3) is 6.82. The van der Waals surface area contributed by atoms with E-state index in [4.69, 9.17) is 4.74 Å². The molecule has 2 aliphatic rings. The fourth-order valence-corrected chi connectivity index (χ4v) is 4.94. The van der Waals surface area contributed by atoms with Gasteiger partial charge >= 0.3 is 0 Å². The van der Waals surface area contributed by atoms with Gasteiger partial charge in [-0.05, 0) is 36.6 Å². The number of carbonyl (C=O) groups is 3. The van der Waals surface area contributed by atoms with Gasteiger partial charge in [0, 0.05) is 54.6 Å². The van der Waals surface area contributed by atoms with Gasteiger partial charge in [0.25, 0.3) is 5.91 Å². The molecule has 1 unspecified atom stereocenters. The van der Waals surface area contributed by atoms with Crippen LogP contribution in [0.5, 0.6) is 0 Å². The van der Waals surface area contributed by atoms with E-state index in [2.05, 4.69) is 10.6 Å². The van der Waals surface area contributed by atoms with E-state index in [9.17, 15) is 23.2 Å². The summed E-state index contributed by atoms with van der Waals surface area (Å²) in [5, 5.41) is 5.88. The highest BCUT2D eigenvalue weighted by molar-refractivity contribution is 5.98. The van der Waals surface area contributed by atoms with Crippen LogP contribution in [0.25, 0.3) is 0 Å². The second-order valence-electron chi connectivity index (χ2n) is 10.4. The predicted molar refractivity (Wildman–Crippen MR) is 138 cm³/mol. The second-order valence-corrected chi connectivity index (χ2v) is 10.4. The van der Waals surface area contributed by atoms with Crippen LogP contribution in [-0.2, 0) is 20.9 Å². The molecule has 2 aromatic rings. The first kappa shape index (κ1) is 27.9. The van der Waals surface area contributed by atoms with Gasteiger partial charge in [-0.25, -0.2) is 8.78 Å². The number of nitrogens with one attached hydrogen (secondary N) is 2. The summed E-state index contributed by atoms with van der Waals surface area (Å²) in [4.78, 5) is 40.4. The van der Waals surface area contributed by atoms with Crippen LogP contribution in [0.15, 0.2) is 42.5 Å². The Hall–Kier alpha value is -3.17. The summed E-state index contributed by atoms with van der Waals surface area (Å²) < 4.78 is 32.2. The second kappa shape index (κ2) is 12.6. The van der Waals surface area contributed by atoms with E-state index < -0.39 is 17.7 Å². The van der Waals surface area contributed by atoms with E-state index in [1.165, 1.54) is 12.1 Å². The van der Waals surface area contributed by atoms with Gasteiger partial charge in [-0.15, -0.1) is 0 Å². The van der Waals surface area contributed by atoms with Crippen LogP contribution in [-0.4, -0.2) is 61.4 Å². The smallest absolute Gasteiger partial charge is 0.251 e. The number of halogens is 2. The summed E-state index contributed by atoms with van der Waals surface area (Å²) in [7, 11) is 0. The van der Waals surface area contributed by atoms with Crippen molar-refractivity contribution in [3.63, 3.8) is 0 Å². The number of Topliss-reactive ketones (excluding diaryl/α,β-unsaturated/α-hetero) is 1. The number of ketones is 1. The zero-order chi connectivity index (χ0) is 27.2. The molecule has 0 aliphatic carbocycles. The molecule has 0 bridgehead atoms. The lowest BCUT2D eigenvalue weighted by molar-refractivity contribution is -0.132. The highest BCUT2D eigenvalue weighted by Gasteiger charge is 2.36. The Balaban J connectivity index is 1.34. The quantitative estimate of drug-likeness (QED) is 0.495.